The smallest absolute Gasteiger partial charge is 0.334 e. The van der Waals surface area contributed by atoms with E-state index < -0.39 is 0 Å². The van der Waals surface area contributed by atoms with E-state index in [1.165, 1.54) is 43.9 Å². The summed E-state index contributed by atoms with van der Waals surface area (Å²) in [6.07, 6.45) is 8.20. The second-order valence-corrected chi connectivity index (χ2v) is 6.00. The van der Waals surface area contributed by atoms with E-state index in [2.05, 4.69) is 29.4 Å². The normalized spacial score (nSPS) is 11.6. The molecule has 0 aromatic rings. The molecule has 0 amide bonds. The number of hydrogen-bond donors (Lipinski definition) is 0. The number of carbonyl (C=O) groups is 1. The average molecular weight is 350 g/mol. The highest BCUT2D eigenvalue weighted by Gasteiger charge is 2.10. The highest BCUT2D eigenvalue weighted by atomic mass is 79.9. The van der Waals surface area contributed by atoms with Crippen LogP contribution < -0.4 is 0 Å². The Morgan fingerprint density at radius 1 is 1.20 bits per heavy atom. The van der Waals surface area contributed by atoms with Crippen molar-refractivity contribution in [2.45, 2.75) is 65.5 Å². The third-order valence-corrected chi connectivity index (χ3v) is 3.40. The summed E-state index contributed by atoms with van der Waals surface area (Å²) in [5, 5.41) is 1.18. The van der Waals surface area contributed by atoms with Gasteiger partial charge in [0.25, 0.3) is 0 Å². The SMILES string of the molecule is C=C(C)C(=O)OC(C)N(C)C.CCCCCCCCBr. The Labute approximate surface area is 133 Å². The summed E-state index contributed by atoms with van der Waals surface area (Å²) >= 11 is 3.42. The van der Waals surface area contributed by atoms with Crippen molar-refractivity contribution in [2.75, 3.05) is 19.4 Å². The van der Waals surface area contributed by atoms with Crippen LogP contribution in [0.25, 0.3) is 0 Å². The summed E-state index contributed by atoms with van der Waals surface area (Å²) in [6, 6.07) is 0. The number of alkyl halides is 1. The second-order valence-electron chi connectivity index (χ2n) is 5.21. The van der Waals surface area contributed by atoms with Crippen molar-refractivity contribution in [2.24, 2.45) is 0 Å². The summed E-state index contributed by atoms with van der Waals surface area (Å²) in [5.41, 5.74) is 0.429. The van der Waals surface area contributed by atoms with Crippen molar-refractivity contribution >= 4 is 21.9 Å². The Bertz CT molecular complexity index is 249. The quantitative estimate of drug-likeness (QED) is 0.197. The van der Waals surface area contributed by atoms with Crippen LogP contribution >= 0.6 is 15.9 Å². The number of halogens is 1. The molecule has 0 spiro atoms. The van der Waals surface area contributed by atoms with E-state index in [1.807, 2.05) is 14.1 Å². The van der Waals surface area contributed by atoms with Crippen molar-refractivity contribution in [3.63, 3.8) is 0 Å². The average Bonchev–Trinajstić information content (AvgIpc) is 2.39. The lowest BCUT2D eigenvalue weighted by Crippen LogP contribution is -2.30. The molecule has 0 aromatic carbocycles. The van der Waals surface area contributed by atoms with Crippen LogP contribution in [0.1, 0.15) is 59.3 Å². The fourth-order valence-corrected chi connectivity index (χ4v) is 1.63. The van der Waals surface area contributed by atoms with Crippen molar-refractivity contribution in [3.8, 4) is 0 Å². The van der Waals surface area contributed by atoms with Crippen LogP contribution in [-0.2, 0) is 9.53 Å². The molecular weight excluding hydrogens is 318 g/mol. The lowest BCUT2D eigenvalue weighted by Gasteiger charge is -2.19. The number of esters is 1. The highest BCUT2D eigenvalue weighted by Crippen LogP contribution is 2.05. The van der Waals surface area contributed by atoms with Crippen molar-refractivity contribution in [1.29, 1.82) is 0 Å². The summed E-state index contributed by atoms with van der Waals surface area (Å²) < 4.78 is 4.96. The Morgan fingerprint density at radius 3 is 2.10 bits per heavy atom. The van der Waals surface area contributed by atoms with E-state index in [0.717, 1.165) is 0 Å². The minimum atomic E-state index is -0.341. The largest absolute Gasteiger partial charge is 0.443 e. The molecule has 120 valence electrons. The van der Waals surface area contributed by atoms with Gasteiger partial charge in [-0.2, -0.15) is 0 Å². The molecule has 3 nitrogen and oxygen atoms in total. The molecule has 0 rings (SSSR count). The lowest BCUT2D eigenvalue weighted by molar-refractivity contribution is -0.150. The molecule has 1 atom stereocenters. The molecule has 0 aliphatic carbocycles. The van der Waals surface area contributed by atoms with Crippen LogP contribution in [0.2, 0.25) is 0 Å². The molecule has 0 aromatic heterocycles. The summed E-state index contributed by atoms with van der Waals surface area (Å²) in [4.78, 5) is 12.7. The van der Waals surface area contributed by atoms with Crippen molar-refractivity contribution < 1.29 is 9.53 Å². The molecular formula is C16H32BrNO2. The first-order chi connectivity index (χ1) is 9.36. The number of unbranched alkanes of at least 4 members (excludes halogenated alkanes) is 5. The minimum Gasteiger partial charge on any atom is -0.443 e. The summed E-state index contributed by atoms with van der Waals surface area (Å²) in [6.45, 7) is 9.16. The highest BCUT2D eigenvalue weighted by molar-refractivity contribution is 9.09. The fourth-order valence-electron chi connectivity index (χ4n) is 1.24. The minimum absolute atomic E-state index is 0.195. The first-order valence-electron chi connectivity index (χ1n) is 7.45. The van der Waals surface area contributed by atoms with E-state index in [-0.39, 0.29) is 12.2 Å². The van der Waals surface area contributed by atoms with Gasteiger partial charge in [0.05, 0.1) is 0 Å². The maximum Gasteiger partial charge on any atom is 0.334 e. The van der Waals surface area contributed by atoms with Gasteiger partial charge in [0.1, 0.15) is 0 Å². The monoisotopic (exact) mass is 349 g/mol. The number of hydrogen-bond acceptors (Lipinski definition) is 3. The van der Waals surface area contributed by atoms with Gasteiger partial charge in [0.2, 0.25) is 0 Å². The molecule has 0 radical (unpaired) electrons. The van der Waals surface area contributed by atoms with Gasteiger partial charge in [0.15, 0.2) is 6.23 Å². The number of rotatable bonds is 9. The van der Waals surface area contributed by atoms with Gasteiger partial charge in [-0.1, -0.05) is 61.5 Å². The molecule has 0 heterocycles. The molecule has 0 aliphatic heterocycles. The zero-order valence-corrected chi connectivity index (χ0v) is 15.5. The number of ether oxygens (including phenoxy) is 1. The van der Waals surface area contributed by atoms with E-state index in [0.29, 0.717) is 5.57 Å². The standard InChI is InChI=1S/C8H17Br.C8H15NO2/c1-2-3-4-5-6-7-8-9;1-6(2)8(10)11-7(3)9(4)5/h2-8H2,1H3;7H,1H2,2-5H3. The van der Waals surface area contributed by atoms with Crippen LogP contribution in [0.4, 0.5) is 0 Å². The number of carbonyl (C=O) groups excluding carboxylic acids is 1. The maximum atomic E-state index is 10.9. The van der Waals surface area contributed by atoms with Crippen LogP contribution in [0.15, 0.2) is 12.2 Å². The predicted octanol–water partition coefficient (Wildman–Crippen LogP) is 4.76. The van der Waals surface area contributed by atoms with Crippen LogP contribution in [0.5, 0.6) is 0 Å². The Morgan fingerprint density at radius 2 is 1.70 bits per heavy atom. The molecule has 0 saturated carbocycles. The Kier molecular flexibility index (Phi) is 16.5. The Balaban J connectivity index is 0. The topological polar surface area (TPSA) is 29.5 Å². The molecule has 0 N–H and O–H groups in total. The zero-order chi connectivity index (χ0) is 16.0. The predicted molar refractivity (Wildman–Crippen MR) is 91.2 cm³/mol. The molecule has 0 aliphatic rings. The third-order valence-electron chi connectivity index (χ3n) is 2.84. The third kappa shape index (κ3) is 15.7. The zero-order valence-electron chi connectivity index (χ0n) is 13.9. The summed E-state index contributed by atoms with van der Waals surface area (Å²) in [5.74, 6) is -0.341. The van der Waals surface area contributed by atoms with Gasteiger partial charge in [-0.15, -0.1) is 0 Å². The van der Waals surface area contributed by atoms with Gasteiger partial charge in [-0.05, 0) is 34.4 Å². The summed E-state index contributed by atoms with van der Waals surface area (Å²) in [7, 11) is 3.69. The van der Waals surface area contributed by atoms with Crippen molar-refractivity contribution in [3.05, 3.63) is 12.2 Å². The molecule has 0 fully saturated rings. The van der Waals surface area contributed by atoms with Gasteiger partial charge in [0, 0.05) is 10.9 Å². The van der Waals surface area contributed by atoms with Gasteiger partial charge in [-0.3, -0.25) is 4.90 Å². The number of nitrogens with zero attached hydrogens (tertiary/aromatic N) is 1. The van der Waals surface area contributed by atoms with Crippen LogP contribution in [0.3, 0.4) is 0 Å². The van der Waals surface area contributed by atoms with E-state index in [4.69, 9.17) is 4.74 Å². The Hall–Kier alpha value is -0.350. The van der Waals surface area contributed by atoms with Crippen LogP contribution in [-0.4, -0.2) is 36.5 Å². The molecule has 1 unspecified atom stereocenters. The van der Waals surface area contributed by atoms with Crippen LogP contribution in [0, 0.1) is 0 Å². The van der Waals surface area contributed by atoms with Gasteiger partial charge in [-0.25, -0.2) is 4.79 Å². The maximum absolute atomic E-state index is 10.9. The van der Waals surface area contributed by atoms with Crippen molar-refractivity contribution in [1.82, 2.24) is 4.90 Å². The molecule has 20 heavy (non-hydrogen) atoms. The molecule has 0 saturated heterocycles. The van der Waals surface area contributed by atoms with E-state index in [9.17, 15) is 4.79 Å². The first-order valence-corrected chi connectivity index (χ1v) is 8.57. The van der Waals surface area contributed by atoms with Gasteiger partial charge < -0.3 is 4.74 Å². The second kappa shape index (κ2) is 15.0. The van der Waals surface area contributed by atoms with E-state index in [1.54, 1.807) is 18.7 Å². The van der Waals surface area contributed by atoms with Gasteiger partial charge >= 0.3 is 5.97 Å². The first kappa shape index (κ1) is 21.9. The molecule has 4 heteroatoms. The molecule has 0 bridgehead atoms. The fraction of sp³-hybridized carbons (Fsp3) is 0.812. The lowest BCUT2D eigenvalue weighted by atomic mass is 10.1. The van der Waals surface area contributed by atoms with E-state index >= 15 is 0 Å².